The quantitative estimate of drug-likeness (QED) is 0.713. The molecular formula is C13H24FNO. The first-order valence-corrected chi connectivity index (χ1v) is 6.20. The maximum absolute atomic E-state index is 13.0. The van der Waals surface area contributed by atoms with Gasteiger partial charge in [-0.25, -0.2) is 4.39 Å². The number of hydrogen-bond donors (Lipinski definition) is 0. The maximum atomic E-state index is 13.0. The van der Waals surface area contributed by atoms with E-state index in [1.807, 2.05) is 0 Å². The number of amides is 1. The lowest BCUT2D eigenvalue weighted by Crippen LogP contribution is -2.35. The maximum Gasteiger partial charge on any atom is 0.256 e. The molecule has 3 atom stereocenters. The molecule has 1 heterocycles. The lowest BCUT2D eigenvalue weighted by molar-refractivity contribution is -0.135. The Kier molecular flexibility index (Phi) is 3.97. The smallest absolute Gasteiger partial charge is 0.256 e. The van der Waals surface area contributed by atoms with Gasteiger partial charge in [-0.2, -0.15) is 0 Å². The summed E-state index contributed by atoms with van der Waals surface area (Å²) in [7, 11) is 0. The second kappa shape index (κ2) is 4.72. The first-order valence-electron chi connectivity index (χ1n) is 6.20. The van der Waals surface area contributed by atoms with Crippen LogP contribution >= 0.6 is 0 Å². The van der Waals surface area contributed by atoms with E-state index in [4.69, 9.17) is 0 Å². The average molecular weight is 229 g/mol. The molecule has 2 nitrogen and oxygen atoms in total. The first-order chi connectivity index (χ1) is 7.27. The first kappa shape index (κ1) is 13.5. The predicted octanol–water partition coefficient (Wildman–Crippen LogP) is 2.88. The zero-order valence-corrected chi connectivity index (χ0v) is 11.1. The van der Waals surface area contributed by atoms with Crippen molar-refractivity contribution in [2.45, 2.75) is 47.2 Å². The van der Waals surface area contributed by atoms with Crippen LogP contribution < -0.4 is 0 Å². The molecule has 1 amide bonds. The van der Waals surface area contributed by atoms with Crippen LogP contribution in [0.25, 0.3) is 0 Å². The van der Waals surface area contributed by atoms with Crippen molar-refractivity contribution >= 4 is 5.91 Å². The van der Waals surface area contributed by atoms with Gasteiger partial charge < -0.3 is 4.90 Å². The summed E-state index contributed by atoms with van der Waals surface area (Å²) < 4.78 is 13.0. The minimum Gasteiger partial charge on any atom is -0.340 e. The normalized spacial score (nSPS) is 28.2. The van der Waals surface area contributed by atoms with Crippen molar-refractivity contribution in [3.63, 3.8) is 0 Å². The van der Waals surface area contributed by atoms with E-state index < -0.39 is 6.17 Å². The van der Waals surface area contributed by atoms with E-state index in [1.54, 1.807) is 4.90 Å². The highest BCUT2D eigenvalue weighted by atomic mass is 19.1. The highest BCUT2D eigenvalue weighted by Crippen LogP contribution is 2.39. The van der Waals surface area contributed by atoms with Crippen LogP contribution in [0.5, 0.6) is 0 Å². The van der Waals surface area contributed by atoms with Gasteiger partial charge in [0.15, 0.2) is 6.17 Å². The molecular weight excluding hydrogens is 205 g/mol. The monoisotopic (exact) mass is 229 g/mol. The van der Waals surface area contributed by atoms with Crippen molar-refractivity contribution in [1.82, 2.24) is 4.90 Å². The van der Waals surface area contributed by atoms with Crippen LogP contribution in [-0.2, 0) is 4.79 Å². The molecule has 1 aliphatic heterocycles. The summed E-state index contributed by atoms with van der Waals surface area (Å²) >= 11 is 0. The van der Waals surface area contributed by atoms with Gasteiger partial charge >= 0.3 is 0 Å². The van der Waals surface area contributed by atoms with Gasteiger partial charge in [0, 0.05) is 13.1 Å². The number of carbonyl (C=O) groups excluding carboxylic acids is 1. The Morgan fingerprint density at radius 3 is 2.31 bits per heavy atom. The SMILES string of the molecule is CCC1CN(C(=O)C(C)F)CC1C(C)(C)C. The molecule has 0 aliphatic carbocycles. The zero-order valence-electron chi connectivity index (χ0n) is 11.1. The van der Waals surface area contributed by atoms with E-state index in [0.29, 0.717) is 11.8 Å². The standard InChI is InChI=1S/C13H24FNO/c1-6-10-7-15(12(16)9(2)14)8-11(10)13(3,4)5/h9-11H,6-8H2,1-5H3. The van der Waals surface area contributed by atoms with Crippen LogP contribution in [0.4, 0.5) is 4.39 Å². The molecule has 1 aliphatic rings. The van der Waals surface area contributed by atoms with Gasteiger partial charge in [-0.1, -0.05) is 34.1 Å². The topological polar surface area (TPSA) is 20.3 Å². The van der Waals surface area contributed by atoms with Crippen molar-refractivity contribution in [3.8, 4) is 0 Å². The van der Waals surface area contributed by atoms with Gasteiger partial charge in [0.25, 0.3) is 5.91 Å². The zero-order chi connectivity index (χ0) is 12.5. The molecule has 3 heteroatoms. The highest BCUT2D eigenvalue weighted by molar-refractivity contribution is 5.80. The van der Waals surface area contributed by atoms with Crippen LogP contribution in [0, 0.1) is 17.3 Å². The summed E-state index contributed by atoms with van der Waals surface area (Å²) in [4.78, 5) is 13.3. The fourth-order valence-corrected chi connectivity index (χ4v) is 2.70. The average Bonchev–Trinajstić information content (AvgIpc) is 2.59. The van der Waals surface area contributed by atoms with Crippen LogP contribution in [0.15, 0.2) is 0 Å². The fourth-order valence-electron chi connectivity index (χ4n) is 2.70. The molecule has 0 radical (unpaired) electrons. The molecule has 16 heavy (non-hydrogen) atoms. The Bertz CT molecular complexity index is 257. The second-order valence-electron chi connectivity index (χ2n) is 6.00. The minimum atomic E-state index is -1.36. The van der Waals surface area contributed by atoms with E-state index in [9.17, 15) is 9.18 Å². The molecule has 0 saturated carbocycles. The molecule has 1 rings (SSSR count). The summed E-state index contributed by atoms with van der Waals surface area (Å²) in [5, 5.41) is 0. The van der Waals surface area contributed by atoms with Gasteiger partial charge in [0.2, 0.25) is 0 Å². The largest absolute Gasteiger partial charge is 0.340 e. The Morgan fingerprint density at radius 1 is 1.44 bits per heavy atom. The molecule has 0 bridgehead atoms. The van der Waals surface area contributed by atoms with Crippen molar-refractivity contribution in [2.75, 3.05) is 13.1 Å². The number of rotatable bonds is 2. The van der Waals surface area contributed by atoms with Crippen molar-refractivity contribution in [1.29, 1.82) is 0 Å². The van der Waals surface area contributed by atoms with Crippen molar-refractivity contribution in [2.24, 2.45) is 17.3 Å². The van der Waals surface area contributed by atoms with E-state index in [1.165, 1.54) is 6.92 Å². The van der Waals surface area contributed by atoms with Gasteiger partial charge in [-0.05, 0) is 24.2 Å². The molecule has 0 aromatic heterocycles. The summed E-state index contributed by atoms with van der Waals surface area (Å²) in [6.45, 7) is 11.5. The number of halogens is 1. The van der Waals surface area contributed by atoms with E-state index in [-0.39, 0.29) is 11.3 Å². The predicted molar refractivity (Wildman–Crippen MR) is 63.9 cm³/mol. The summed E-state index contributed by atoms with van der Waals surface area (Å²) in [5.74, 6) is 0.660. The highest BCUT2D eigenvalue weighted by Gasteiger charge is 2.41. The lowest BCUT2D eigenvalue weighted by Gasteiger charge is -2.30. The number of hydrogen-bond acceptors (Lipinski definition) is 1. The van der Waals surface area contributed by atoms with Gasteiger partial charge in [-0.3, -0.25) is 4.79 Å². The van der Waals surface area contributed by atoms with Crippen molar-refractivity contribution in [3.05, 3.63) is 0 Å². The van der Waals surface area contributed by atoms with Crippen LogP contribution in [0.1, 0.15) is 41.0 Å². The number of likely N-dealkylation sites (tertiary alicyclic amines) is 1. The van der Waals surface area contributed by atoms with Crippen LogP contribution in [-0.4, -0.2) is 30.1 Å². The van der Waals surface area contributed by atoms with E-state index >= 15 is 0 Å². The van der Waals surface area contributed by atoms with Gasteiger partial charge in [-0.15, -0.1) is 0 Å². The van der Waals surface area contributed by atoms with Crippen molar-refractivity contribution < 1.29 is 9.18 Å². The number of carbonyl (C=O) groups is 1. The third-order valence-corrected chi connectivity index (χ3v) is 3.73. The van der Waals surface area contributed by atoms with Crippen LogP contribution in [0.3, 0.4) is 0 Å². The second-order valence-corrected chi connectivity index (χ2v) is 6.00. The summed E-state index contributed by atoms with van der Waals surface area (Å²) in [5.41, 5.74) is 0.190. The molecule has 3 unspecified atom stereocenters. The van der Waals surface area contributed by atoms with E-state index in [2.05, 4.69) is 27.7 Å². The summed E-state index contributed by atoms with van der Waals surface area (Å²) in [6, 6.07) is 0. The Balaban J connectivity index is 2.74. The lowest BCUT2D eigenvalue weighted by atomic mass is 9.74. The third-order valence-electron chi connectivity index (χ3n) is 3.73. The Labute approximate surface area is 98.2 Å². The van der Waals surface area contributed by atoms with Crippen LogP contribution in [0.2, 0.25) is 0 Å². The van der Waals surface area contributed by atoms with E-state index in [0.717, 1.165) is 19.5 Å². The molecule has 1 fully saturated rings. The molecule has 0 aromatic rings. The molecule has 0 spiro atoms. The molecule has 1 saturated heterocycles. The molecule has 94 valence electrons. The molecule has 0 aromatic carbocycles. The fraction of sp³-hybridized carbons (Fsp3) is 0.923. The number of nitrogens with zero attached hydrogens (tertiary/aromatic N) is 1. The minimum absolute atomic E-state index is 0.190. The summed E-state index contributed by atoms with van der Waals surface area (Å²) in [6.07, 6.45) is -0.303. The number of alkyl halides is 1. The van der Waals surface area contributed by atoms with Gasteiger partial charge in [0.05, 0.1) is 0 Å². The van der Waals surface area contributed by atoms with Gasteiger partial charge in [0.1, 0.15) is 0 Å². The Hall–Kier alpha value is -0.600. The molecule has 0 N–H and O–H groups in total. The Morgan fingerprint density at radius 2 is 2.00 bits per heavy atom. The third kappa shape index (κ3) is 2.74.